The third kappa shape index (κ3) is 2.01. The van der Waals surface area contributed by atoms with Gasteiger partial charge in [-0.25, -0.2) is 0 Å². The third-order valence-corrected chi connectivity index (χ3v) is 14.8. The molecule has 0 N–H and O–H groups in total. The van der Waals surface area contributed by atoms with Crippen LogP contribution in [0.1, 0.15) is 16.3 Å². The van der Waals surface area contributed by atoms with E-state index in [9.17, 15) is 0 Å². The van der Waals surface area contributed by atoms with E-state index in [0.29, 0.717) is 0 Å². The van der Waals surface area contributed by atoms with Gasteiger partial charge in [-0.05, 0) is 33.1 Å². The summed E-state index contributed by atoms with van der Waals surface area (Å²) < 4.78 is 0. The molecule has 1 aliphatic heterocycles. The first-order valence-corrected chi connectivity index (χ1v) is 14.2. The van der Waals surface area contributed by atoms with Crippen molar-refractivity contribution in [3.05, 3.63) is 47.5 Å². The number of hydrogen-bond acceptors (Lipinski definition) is 0. The highest BCUT2D eigenvalue weighted by Gasteiger charge is 2.44. The van der Waals surface area contributed by atoms with Gasteiger partial charge in [0.1, 0.15) is 0 Å². The van der Waals surface area contributed by atoms with Gasteiger partial charge >= 0.3 is 0 Å². The molecular weight excluding hydrogens is 260 g/mol. The summed E-state index contributed by atoms with van der Waals surface area (Å²) in [6.07, 6.45) is 0. The van der Waals surface area contributed by atoms with Crippen LogP contribution in [-0.4, -0.2) is 16.1 Å². The largest absolute Gasteiger partial charge is 0.0693 e. The monoisotopic (exact) mass is 284 g/mol. The standard InChI is InChI=1S/C17H24Si2/c1-18(2,3)17-15-11-7-9-13-8-6-10-14(16(13)15)12-19(17,4)5/h6-11,17H,12H2,1-5H3. The predicted molar refractivity (Wildman–Crippen MR) is 91.2 cm³/mol. The van der Waals surface area contributed by atoms with Crippen molar-refractivity contribution in [3.8, 4) is 0 Å². The number of benzene rings is 2. The van der Waals surface area contributed by atoms with Crippen molar-refractivity contribution in [1.29, 1.82) is 0 Å². The molecule has 2 heteroatoms. The lowest BCUT2D eigenvalue weighted by Gasteiger charge is -2.45. The van der Waals surface area contributed by atoms with Crippen LogP contribution in [0.25, 0.3) is 10.8 Å². The summed E-state index contributed by atoms with van der Waals surface area (Å²) in [6.45, 7) is 12.9. The summed E-state index contributed by atoms with van der Waals surface area (Å²) in [5.41, 5.74) is 3.29. The summed E-state index contributed by atoms with van der Waals surface area (Å²) in [7, 11) is -2.39. The second-order valence-electron chi connectivity index (χ2n) is 7.83. The third-order valence-electron chi connectivity index (χ3n) is 4.63. The molecule has 1 unspecified atom stereocenters. The molecule has 1 heterocycles. The van der Waals surface area contributed by atoms with E-state index in [1.165, 1.54) is 11.4 Å². The predicted octanol–water partition coefficient (Wildman–Crippen LogP) is 5.14. The van der Waals surface area contributed by atoms with Gasteiger partial charge in [0.05, 0.1) is 8.07 Å². The Hall–Kier alpha value is -0.866. The van der Waals surface area contributed by atoms with E-state index in [1.54, 1.807) is 16.5 Å². The lowest BCUT2D eigenvalue weighted by Crippen LogP contribution is -2.51. The van der Waals surface area contributed by atoms with Gasteiger partial charge in [0.2, 0.25) is 0 Å². The molecule has 0 saturated heterocycles. The molecule has 0 aromatic heterocycles. The Kier molecular flexibility index (Phi) is 2.81. The lowest BCUT2D eigenvalue weighted by molar-refractivity contribution is 1.11. The summed E-state index contributed by atoms with van der Waals surface area (Å²) in [5.74, 6) is 0. The molecule has 0 spiro atoms. The van der Waals surface area contributed by atoms with E-state index in [-0.39, 0.29) is 0 Å². The maximum atomic E-state index is 2.60. The number of rotatable bonds is 1. The average Bonchev–Trinajstić information content (AvgIpc) is 2.25. The van der Waals surface area contributed by atoms with Gasteiger partial charge in [0, 0.05) is 8.07 Å². The molecule has 0 saturated carbocycles. The molecule has 0 fully saturated rings. The van der Waals surface area contributed by atoms with Gasteiger partial charge < -0.3 is 0 Å². The molecule has 1 aliphatic rings. The van der Waals surface area contributed by atoms with Gasteiger partial charge in [-0.3, -0.25) is 0 Å². The fourth-order valence-electron chi connectivity index (χ4n) is 4.49. The minimum atomic E-state index is -1.22. The summed E-state index contributed by atoms with van der Waals surface area (Å²) in [5, 5.41) is 3.92. The Morgan fingerprint density at radius 1 is 1.00 bits per heavy atom. The Balaban J connectivity index is 2.37. The minimum Gasteiger partial charge on any atom is -0.0693 e. The van der Waals surface area contributed by atoms with Crippen molar-refractivity contribution in [3.63, 3.8) is 0 Å². The normalized spacial score (nSPS) is 21.6. The van der Waals surface area contributed by atoms with Gasteiger partial charge in [0.25, 0.3) is 0 Å². The molecule has 0 radical (unpaired) electrons. The van der Waals surface area contributed by atoms with Crippen LogP contribution in [0.4, 0.5) is 0 Å². The zero-order chi connectivity index (χ0) is 13.8. The van der Waals surface area contributed by atoms with Crippen molar-refractivity contribution < 1.29 is 0 Å². The van der Waals surface area contributed by atoms with Crippen molar-refractivity contribution in [1.82, 2.24) is 0 Å². The van der Waals surface area contributed by atoms with Gasteiger partial charge in [0.15, 0.2) is 0 Å². The molecule has 0 bridgehead atoms. The highest BCUT2D eigenvalue weighted by atomic mass is 28.4. The Bertz CT molecular complexity index is 630. The summed E-state index contributed by atoms with van der Waals surface area (Å²) in [4.78, 5) is 0. The minimum absolute atomic E-state index is 0.888. The van der Waals surface area contributed by atoms with Crippen LogP contribution >= 0.6 is 0 Å². The van der Waals surface area contributed by atoms with E-state index in [2.05, 4.69) is 69.1 Å². The highest BCUT2D eigenvalue weighted by molar-refractivity contribution is 6.96. The molecular formula is C17H24Si2. The zero-order valence-electron chi connectivity index (χ0n) is 12.7. The fourth-order valence-corrected chi connectivity index (χ4v) is 17.9. The van der Waals surface area contributed by atoms with Crippen molar-refractivity contribution in [2.45, 2.75) is 43.9 Å². The summed E-state index contributed by atoms with van der Waals surface area (Å²) in [6, 6.07) is 15.2. The van der Waals surface area contributed by atoms with E-state index in [1.807, 2.05) is 0 Å². The maximum Gasteiger partial charge on any atom is 0.0567 e. The van der Waals surface area contributed by atoms with Crippen molar-refractivity contribution >= 4 is 26.9 Å². The molecule has 0 aliphatic carbocycles. The first kappa shape index (κ1) is 13.1. The second-order valence-corrected chi connectivity index (χ2v) is 18.6. The molecule has 3 rings (SSSR count). The molecule has 100 valence electrons. The van der Waals surface area contributed by atoms with Crippen LogP contribution in [0.15, 0.2) is 36.4 Å². The van der Waals surface area contributed by atoms with Crippen LogP contribution in [0, 0.1) is 0 Å². The van der Waals surface area contributed by atoms with E-state index in [0.717, 1.165) is 5.16 Å². The quantitative estimate of drug-likeness (QED) is 0.636. The van der Waals surface area contributed by atoms with Crippen molar-refractivity contribution in [2.24, 2.45) is 0 Å². The van der Waals surface area contributed by atoms with Gasteiger partial charge in [-0.2, -0.15) is 0 Å². The van der Waals surface area contributed by atoms with Gasteiger partial charge in [-0.1, -0.05) is 69.1 Å². The van der Waals surface area contributed by atoms with Crippen molar-refractivity contribution in [2.75, 3.05) is 0 Å². The SMILES string of the molecule is C[Si](C)(C)C1c2cccc3cccc(c23)C[Si]1(C)C. The molecule has 2 aromatic carbocycles. The smallest absolute Gasteiger partial charge is 0.0567 e. The summed E-state index contributed by atoms with van der Waals surface area (Å²) >= 11 is 0. The van der Waals surface area contributed by atoms with Crippen LogP contribution in [0.2, 0.25) is 32.7 Å². The molecule has 19 heavy (non-hydrogen) atoms. The van der Waals surface area contributed by atoms with Crippen LogP contribution in [-0.2, 0) is 6.04 Å². The Morgan fingerprint density at radius 3 is 2.26 bits per heavy atom. The number of hydrogen-bond donors (Lipinski definition) is 0. The molecule has 0 amide bonds. The van der Waals surface area contributed by atoms with Crippen LogP contribution in [0.5, 0.6) is 0 Å². The van der Waals surface area contributed by atoms with E-state index >= 15 is 0 Å². The second kappa shape index (κ2) is 4.06. The van der Waals surface area contributed by atoms with Crippen LogP contribution in [0.3, 0.4) is 0 Å². The Morgan fingerprint density at radius 2 is 1.63 bits per heavy atom. The average molecular weight is 285 g/mol. The van der Waals surface area contributed by atoms with Gasteiger partial charge in [-0.15, -0.1) is 0 Å². The zero-order valence-corrected chi connectivity index (χ0v) is 14.7. The van der Waals surface area contributed by atoms with E-state index in [4.69, 9.17) is 0 Å². The van der Waals surface area contributed by atoms with Crippen LogP contribution < -0.4 is 0 Å². The topological polar surface area (TPSA) is 0 Å². The molecule has 1 atom stereocenters. The lowest BCUT2D eigenvalue weighted by atomic mass is 10.0. The highest BCUT2D eigenvalue weighted by Crippen LogP contribution is 2.45. The molecule has 0 nitrogen and oxygen atoms in total. The molecule has 2 aromatic rings. The first-order chi connectivity index (χ1) is 8.81. The van der Waals surface area contributed by atoms with E-state index < -0.39 is 16.1 Å². The Labute approximate surface area is 118 Å². The first-order valence-electron chi connectivity index (χ1n) is 7.31. The fraction of sp³-hybridized carbons (Fsp3) is 0.412. The maximum absolute atomic E-state index is 2.60.